The van der Waals surface area contributed by atoms with Gasteiger partial charge in [0.15, 0.2) is 0 Å². The van der Waals surface area contributed by atoms with Crippen molar-refractivity contribution in [1.29, 1.82) is 0 Å². The fourth-order valence-corrected chi connectivity index (χ4v) is 1.90. The molecule has 0 fully saturated rings. The number of para-hydroxylation sites is 1. The van der Waals surface area contributed by atoms with Gasteiger partial charge in [-0.2, -0.15) is 0 Å². The molecule has 1 aromatic heterocycles. The molecule has 1 amide bonds. The van der Waals surface area contributed by atoms with Crippen molar-refractivity contribution in [1.82, 2.24) is 4.98 Å². The molecule has 104 valence electrons. The third-order valence-electron chi connectivity index (χ3n) is 3.02. The number of aromatic nitrogens is 1. The van der Waals surface area contributed by atoms with Crippen LogP contribution in [-0.2, 0) is 0 Å². The van der Waals surface area contributed by atoms with Gasteiger partial charge in [0.2, 0.25) is 0 Å². The van der Waals surface area contributed by atoms with Crippen molar-refractivity contribution < 1.29 is 4.79 Å². The summed E-state index contributed by atoms with van der Waals surface area (Å²) in [4.78, 5) is 16.4. The van der Waals surface area contributed by atoms with E-state index in [1.165, 1.54) is 0 Å². The van der Waals surface area contributed by atoms with Crippen molar-refractivity contribution in [2.75, 3.05) is 17.2 Å². The van der Waals surface area contributed by atoms with E-state index in [-0.39, 0.29) is 5.91 Å². The monoisotopic (exact) mass is 269 g/mol. The number of nitrogens with one attached hydrogen (secondary N) is 2. The molecule has 0 atom stereocenters. The number of hydrogen-bond donors (Lipinski definition) is 2. The van der Waals surface area contributed by atoms with Crippen molar-refractivity contribution >= 4 is 17.3 Å². The smallest absolute Gasteiger partial charge is 0.257 e. The minimum absolute atomic E-state index is 0.125. The molecule has 1 aromatic carbocycles. The van der Waals surface area contributed by atoms with Gasteiger partial charge in [-0.15, -0.1) is 0 Å². The van der Waals surface area contributed by atoms with Crippen LogP contribution in [0.1, 0.15) is 29.3 Å². The lowest BCUT2D eigenvalue weighted by atomic mass is 10.1. The third-order valence-corrected chi connectivity index (χ3v) is 3.02. The quantitative estimate of drug-likeness (QED) is 0.874. The van der Waals surface area contributed by atoms with E-state index < -0.39 is 0 Å². The van der Waals surface area contributed by atoms with Crippen LogP contribution >= 0.6 is 0 Å². The van der Waals surface area contributed by atoms with Crippen LogP contribution in [-0.4, -0.2) is 17.4 Å². The second kappa shape index (κ2) is 6.70. The highest BCUT2D eigenvalue weighted by Gasteiger charge is 2.12. The van der Waals surface area contributed by atoms with E-state index in [1.54, 1.807) is 18.5 Å². The molecule has 1 heterocycles. The summed E-state index contributed by atoms with van der Waals surface area (Å²) in [5.74, 6) is -0.125. The molecule has 4 heteroatoms. The van der Waals surface area contributed by atoms with Gasteiger partial charge < -0.3 is 10.6 Å². The summed E-state index contributed by atoms with van der Waals surface area (Å²) in [7, 11) is 0. The zero-order valence-corrected chi connectivity index (χ0v) is 11.8. The number of benzene rings is 1. The molecule has 20 heavy (non-hydrogen) atoms. The molecule has 0 radical (unpaired) electrons. The van der Waals surface area contributed by atoms with Crippen LogP contribution in [0.4, 0.5) is 11.4 Å². The number of nitrogens with zero attached hydrogens (tertiary/aromatic N) is 1. The molecule has 0 aliphatic carbocycles. The summed E-state index contributed by atoms with van der Waals surface area (Å²) in [5, 5.41) is 6.16. The minimum Gasteiger partial charge on any atom is -0.383 e. The number of carbonyl (C=O) groups is 1. The van der Waals surface area contributed by atoms with Crippen molar-refractivity contribution in [3.63, 3.8) is 0 Å². The Morgan fingerprint density at radius 2 is 2.00 bits per heavy atom. The zero-order valence-electron chi connectivity index (χ0n) is 11.8. The summed E-state index contributed by atoms with van der Waals surface area (Å²) in [6.45, 7) is 4.87. The minimum atomic E-state index is -0.125. The highest BCUT2D eigenvalue weighted by molar-refractivity contribution is 6.08. The second-order valence-corrected chi connectivity index (χ2v) is 4.62. The average Bonchev–Trinajstić information content (AvgIpc) is 2.47. The number of aryl methyl sites for hydroxylation is 1. The predicted octanol–water partition coefficient (Wildman–Crippen LogP) is 3.46. The first-order valence-electron chi connectivity index (χ1n) is 6.77. The lowest BCUT2D eigenvalue weighted by Gasteiger charge is -2.12. The van der Waals surface area contributed by atoms with Gasteiger partial charge in [0.1, 0.15) is 0 Å². The third kappa shape index (κ3) is 3.35. The van der Waals surface area contributed by atoms with Crippen molar-refractivity contribution in [2.24, 2.45) is 0 Å². The molecule has 4 nitrogen and oxygen atoms in total. The maximum atomic E-state index is 12.4. The van der Waals surface area contributed by atoms with E-state index in [9.17, 15) is 4.79 Å². The SMILES string of the molecule is CCCNc1cnccc1C(=O)Nc1ccccc1C. The summed E-state index contributed by atoms with van der Waals surface area (Å²) in [6.07, 6.45) is 4.31. The van der Waals surface area contributed by atoms with E-state index in [0.29, 0.717) is 5.56 Å². The van der Waals surface area contributed by atoms with Crippen LogP contribution in [0.25, 0.3) is 0 Å². The largest absolute Gasteiger partial charge is 0.383 e. The molecule has 2 aromatic rings. The van der Waals surface area contributed by atoms with E-state index in [1.807, 2.05) is 31.2 Å². The van der Waals surface area contributed by atoms with Gasteiger partial charge in [0.25, 0.3) is 5.91 Å². The normalized spacial score (nSPS) is 10.1. The van der Waals surface area contributed by atoms with Crippen molar-refractivity contribution in [3.05, 3.63) is 53.9 Å². The highest BCUT2D eigenvalue weighted by atomic mass is 16.1. The summed E-state index contributed by atoms with van der Waals surface area (Å²) in [5.41, 5.74) is 3.24. The Morgan fingerprint density at radius 3 is 2.75 bits per heavy atom. The van der Waals surface area contributed by atoms with Crippen molar-refractivity contribution in [2.45, 2.75) is 20.3 Å². The first kappa shape index (κ1) is 14.1. The molecule has 0 aliphatic rings. The molecule has 0 spiro atoms. The molecule has 0 saturated carbocycles. The molecule has 0 saturated heterocycles. The lowest BCUT2D eigenvalue weighted by molar-refractivity contribution is 0.102. The van der Waals surface area contributed by atoms with Crippen molar-refractivity contribution in [3.8, 4) is 0 Å². The fraction of sp³-hybridized carbons (Fsp3) is 0.250. The van der Waals surface area contributed by atoms with Crippen LogP contribution in [0, 0.1) is 6.92 Å². The Morgan fingerprint density at radius 1 is 1.20 bits per heavy atom. The summed E-state index contributed by atoms with van der Waals surface area (Å²) < 4.78 is 0. The Hall–Kier alpha value is -2.36. The molecule has 0 unspecified atom stereocenters. The van der Waals surface area contributed by atoms with Gasteiger partial charge in [-0.05, 0) is 31.0 Å². The number of hydrogen-bond acceptors (Lipinski definition) is 3. The summed E-state index contributed by atoms with van der Waals surface area (Å²) >= 11 is 0. The van der Waals surface area contributed by atoms with Gasteiger partial charge in [0.05, 0.1) is 17.4 Å². The zero-order chi connectivity index (χ0) is 14.4. The van der Waals surface area contributed by atoms with Crippen LogP contribution in [0.2, 0.25) is 0 Å². The highest BCUT2D eigenvalue weighted by Crippen LogP contribution is 2.18. The number of carbonyl (C=O) groups excluding carboxylic acids is 1. The Kier molecular flexibility index (Phi) is 4.71. The van der Waals surface area contributed by atoms with Crippen LogP contribution in [0.5, 0.6) is 0 Å². The number of pyridine rings is 1. The molecule has 2 rings (SSSR count). The first-order valence-corrected chi connectivity index (χ1v) is 6.77. The Bertz CT molecular complexity index is 596. The van der Waals surface area contributed by atoms with Gasteiger partial charge in [-0.1, -0.05) is 25.1 Å². The molecule has 0 bridgehead atoms. The number of rotatable bonds is 5. The van der Waals surface area contributed by atoms with Crippen LogP contribution in [0.3, 0.4) is 0 Å². The summed E-state index contributed by atoms with van der Waals surface area (Å²) in [6, 6.07) is 9.45. The number of amides is 1. The first-order chi connectivity index (χ1) is 9.72. The maximum absolute atomic E-state index is 12.4. The number of anilines is 2. The average molecular weight is 269 g/mol. The van der Waals surface area contributed by atoms with E-state index in [2.05, 4.69) is 22.5 Å². The Balaban J connectivity index is 2.19. The standard InChI is InChI=1S/C16H19N3O/c1-3-9-18-15-11-17-10-8-13(15)16(20)19-14-7-5-4-6-12(14)2/h4-8,10-11,18H,3,9H2,1-2H3,(H,19,20). The van der Waals surface area contributed by atoms with Gasteiger partial charge >= 0.3 is 0 Å². The lowest BCUT2D eigenvalue weighted by Crippen LogP contribution is -2.16. The predicted molar refractivity (Wildman–Crippen MR) is 82.1 cm³/mol. The van der Waals surface area contributed by atoms with E-state index in [4.69, 9.17) is 0 Å². The van der Waals surface area contributed by atoms with E-state index >= 15 is 0 Å². The fourth-order valence-electron chi connectivity index (χ4n) is 1.90. The molecule has 0 aliphatic heterocycles. The van der Waals surface area contributed by atoms with E-state index in [0.717, 1.165) is 29.9 Å². The molecular formula is C16H19N3O. The van der Waals surface area contributed by atoms with Gasteiger partial charge in [-0.25, -0.2) is 0 Å². The molecular weight excluding hydrogens is 250 g/mol. The van der Waals surface area contributed by atoms with Crippen LogP contribution < -0.4 is 10.6 Å². The Labute approximate surface area is 119 Å². The van der Waals surface area contributed by atoms with Crippen LogP contribution in [0.15, 0.2) is 42.7 Å². The second-order valence-electron chi connectivity index (χ2n) is 4.62. The molecule has 2 N–H and O–H groups in total. The maximum Gasteiger partial charge on any atom is 0.257 e. The topological polar surface area (TPSA) is 54.0 Å². The van der Waals surface area contributed by atoms with Gasteiger partial charge in [-0.3, -0.25) is 9.78 Å². The van der Waals surface area contributed by atoms with Gasteiger partial charge in [0, 0.05) is 18.4 Å².